The SMILES string of the molecule is CCCOc1ccc2c(c1)cc(-c1ccc(F)cc1)n2-c1ccc(OCCN(CC)CC)cc1. The summed E-state index contributed by atoms with van der Waals surface area (Å²) in [6, 6.07) is 23.1. The average Bonchev–Trinajstić information content (AvgIpc) is 3.25. The zero-order valence-electron chi connectivity index (χ0n) is 20.3. The Bertz CT molecular complexity index is 1200. The van der Waals surface area contributed by atoms with Crippen LogP contribution in [-0.2, 0) is 0 Å². The van der Waals surface area contributed by atoms with Crippen molar-refractivity contribution >= 4 is 10.9 Å². The van der Waals surface area contributed by atoms with E-state index < -0.39 is 0 Å². The fourth-order valence-electron chi connectivity index (χ4n) is 4.14. The topological polar surface area (TPSA) is 26.6 Å². The zero-order chi connectivity index (χ0) is 23.9. The summed E-state index contributed by atoms with van der Waals surface area (Å²) in [6.07, 6.45) is 0.962. The number of hydrogen-bond acceptors (Lipinski definition) is 3. The van der Waals surface area contributed by atoms with E-state index in [9.17, 15) is 4.39 Å². The highest BCUT2D eigenvalue weighted by Crippen LogP contribution is 2.34. The molecule has 4 rings (SSSR count). The van der Waals surface area contributed by atoms with Crippen molar-refractivity contribution in [1.82, 2.24) is 9.47 Å². The van der Waals surface area contributed by atoms with E-state index in [4.69, 9.17) is 9.47 Å². The molecule has 178 valence electrons. The van der Waals surface area contributed by atoms with Crippen LogP contribution in [0.4, 0.5) is 4.39 Å². The van der Waals surface area contributed by atoms with Crippen LogP contribution >= 0.6 is 0 Å². The van der Waals surface area contributed by atoms with Gasteiger partial charge in [0.1, 0.15) is 23.9 Å². The van der Waals surface area contributed by atoms with E-state index in [1.54, 1.807) is 0 Å². The highest BCUT2D eigenvalue weighted by Gasteiger charge is 2.14. The molecular formula is C29H33FN2O2. The summed E-state index contributed by atoms with van der Waals surface area (Å²) in [5.41, 5.74) is 4.04. The lowest BCUT2D eigenvalue weighted by atomic mass is 10.1. The normalized spacial score (nSPS) is 11.3. The van der Waals surface area contributed by atoms with E-state index in [1.807, 2.05) is 30.3 Å². The van der Waals surface area contributed by atoms with E-state index in [1.165, 1.54) is 12.1 Å². The number of halogens is 1. The van der Waals surface area contributed by atoms with Gasteiger partial charge in [-0.25, -0.2) is 4.39 Å². The van der Waals surface area contributed by atoms with E-state index in [-0.39, 0.29) is 5.82 Å². The monoisotopic (exact) mass is 460 g/mol. The van der Waals surface area contributed by atoms with Gasteiger partial charge >= 0.3 is 0 Å². The Morgan fingerprint density at radius 2 is 1.44 bits per heavy atom. The van der Waals surface area contributed by atoms with Gasteiger partial charge < -0.3 is 18.9 Å². The Morgan fingerprint density at radius 3 is 2.12 bits per heavy atom. The number of hydrogen-bond donors (Lipinski definition) is 0. The number of rotatable bonds is 11. The number of ether oxygens (including phenoxy) is 2. The quantitative estimate of drug-likeness (QED) is 0.242. The molecule has 0 aliphatic carbocycles. The summed E-state index contributed by atoms with van der Waals surface area (Å²) < 4.78 is 27.6. The van der Waals surface area contributed by atoms with Gasteiger partial charge in [0, 0.05) is 17.6 Å². The van der Waals surface area contributed by atoms with Crippen LogP contribution in [0, 0.1) is 5.82 Å². The lowest BCUT2D eigenvalue weighted by Gasteiger charge is -2.18. The highest BCUT2D eigenvalue weighted by molar-refractivity contribution is 5.90. The molecule has 0 aliphatic rings. The maximum atomic E-state index is 13.6. The van der Waals surface area contributed by atoms with Crippen LogP contribution in [0.25, 0.3) is 27.8 Å². The summed E-state index contributed by atoms with van der Waals surface area (Å²) in [6.45, 7) is 10.7. The van der Waals surface area contributed by atoms with Gasteiger partial charge in [0.15, 0.2) is 0 Å². The van der Waals surface area contributed by atoms with Gasteiger partial charge in [-0.1, -0.05) is 20.8 Å². The number of aromatic nitrogens is 1. The Kier molecular flexibility index (Phi) is 7.86. The average molecular weight is 461 g/mol. The predicted octanol–water partition coefficient (Wildman–Crippen LogP) is 6.95. The van der Waals surface area contributed by atoms with Crippen LogP contribution in [0.1, 0.15) is 27.2 Å². The van der Waals surface area contributed by atoms with E-state index in [2.05, 4.69) is 60.6 Å². The van der Waals surface area contributed by atoms with Crippen molar-refractivity contribution in [2.24, 2.45) is 0 Å². The van der Waals surface area contributed by atoms with Gasteiger partial charge in [-0.3, -0.25) is 0 Å². The molecule has 0 fully saturated rings. The first-order chi connectivity index (χ1) is 16.6. The van der Waals surface area contributed by atoms with Gasteiger partial charge in [0.2, 0.25) is 0 Å². The molecule has 0 radical (unpaired) electrons. The lowest BCUT2D eigenvalue weighted by Crippen LogP contribution is -2.27. The maximum Gasteiger partial charge on any atom is 0.123 e. The van der Waals surface area contributed by atoms with Crippen molar-refractivity contribution < 1.29 is 13.9 Å². The third-order valence-electron chi connectivity index (χ3n) is 6.05. The molecule has 0 spiro atoms. The molecule has 4 aromatic rings. The summed E-state index contributed by atoms with van der Waals surface area (Å²) >= 11 is 0. The van der Waals surface area contributed by atoms with Crippen molar-refractivity contribution in [3.63, 3.8) is 0 Å². The fraction of sp³-hybridized carbons (Fsp3) is 0.310. The first kappa shape index (κ1) is 23.8. The molecule has 1 heterocycles. The van der Waals surface area contributed by atoms with Gasteiger partial charge in [-0.2, -0.15) is 0 Å². The number of likely N-dealkylation sites (N-methyl/N-ethyl adjacent to an activating group) is 1. The number of nitrogens with zero attached hydrogens (tertiary/aromatic N) is 2. The maximum absolute atomic E-state index is 13.6. The van der Waals surface area contributed by atoms with Crippen molar-refractivity contribution in [1.29, 1.82) is 0 Å². The molecule has 0 saturated heterocycles. The molecule has 1 aromatic heterocycles. The number of fused-ring (bicyclic) bond motifs is 1. The summed E-state index contributed by atoms with van der Waals surface area (Å²) in [5, 5.41) is 1.08. The zero-order valence-corrected chi connectivity index (χ0v) is 20.3. The molecule has 0 bridgehead atoms. The third-order valence-corrected chi connectivity index (χ3v) is 6.05. The second-order valence-corrected chi connectivity index (χ2v) is 8.31. The van der Waals surface area contributed by atoms with Crippen molar-refractivity contribution in [3.8, 4) is 28.4 Å². The van der Waals surface area contributed by atoms with E-state index in [0.29, 0.717) is 13.2 Å². The summed E-state index contributed by atoms with van der Waals surface area (Å²) in [4.78, 5) is 2.34. The van der Waals surface area contributed by atoms with Gasteiger partial charge in [-0.15, -0.1) is 0 Å². The molecule has 3 aromatic carbocycles. The molecule has 0 amide bonds. The van der Waals surface area contributed by atoms with Crippen LogP contribution in [-0.4, -0.2) is 42.3 Å². The molecule has 4 nitrogen and oxygen atoms in total. The minimum Gasteiger partial charge on any atom is -0.494 e. The fourth-order valence-corrected chi connectivity index (χ4v) is 4.14. The minimum atomic E-state index is -0.243. The molecule has 0 aliphatic heterocycles. The van der Waals surface area contributed by atoms with Crippen LogP contribution in [0.3, 0.4) is 0 Å². The third kappa shape index (κ3) is 5.42. The van der Waals surface area contributed by atoms with Crippen molar-refractivity contribution in [2.75, 3.05) is 32.8 Å². The van der Waals surface area contributed by atoms with Crippen LogP contribution in [0.15, 0.2) is 72.8 Å². The molecule has 0 N–H and O–H groups in total. The molecule has 34 heavy (non-hydrogen) atoms. The van der Waals surface area contributed by atoms with E-state index >= 15 is 0 Å². The largest absolute Gasteiger partial charge is 0.494 e. The number of benzene rings is 3. The smallest absolute Gasteiger partial charge is 0.123 e. The Hall–Kier alpha value is -3.31. The van der Waals surface area contributed by atoms with Gasteiger partial charge in [0.05, 0.1) is 17.8 Å². The second kappa shape index (κ2) is 11.2. The van der Waals surface area contributed by atoms with E-state index in [0.717, 1.165) is 65.4 Å². The molecule has 0 atom stereocenters. The summed E-state index contributed by atoms with van der Waals surface area (Å²) in [5.74, 6) is 1.47. The van der Waals surface area contributed by atoms with Crippen molar-refractivity contribution in [3.05, 3.63) is 78.6 Å². The Labute approximate surface area is 201 Å². The first-order valence-electron chi connectivity index (χ1n) is 12.1. The molecule has 0 saturated carbocycles. The Balaban J connectivity index is 1.67. The van der Waals surface area contributed by atoms with Crippen molar-refractivity contribution in [2.45, 2.75) is 27.2 Å². The molecule has 0 unspecified atom stereocenters. The highest BCUT2D eigenvalue weighted by atomic mass is 19.1. The van der Waals surface area contributed by atoms with Crippen LogP contribution in [0.5, 0.6) is 11.5 Å². The first-order valence-corrected chi connectivity index (χ1v) is 12.1. The predicted molar refractivity (Wildman–Crippen MR) is 138 cm³/mol. The van der Waals surface area contributed by atoms with Crippen LogP contribution < -0.4 is 9.47 Å². The summed E-state index contributed by atoms with van der Waals surface area (Å²) in [7, 11) is 0. The van der Waals surface area contributed by atoms with Gasteiger partial charge in [-0.05, 0) is 97.9 Å². The van der Waals surface area contributed by atoms with Crippen LogP contribution in [0.2, 0.25) is 0 Å². The lowest BCUT2D eigenvalue weighted by molar-refractivity contribution is 0.223. The second-order valence-electron chi connectivity index (χ2n) is 8.31. The minimum absolute atomic E-state index is 0.243. The standard InChI is InChI=1S/C29H33FN2O2/c1-4-18-33-27-15-16-28-23(20-27)21-29(22-7-9-24(30)10-8-22)32(28)25-11-13-26(14-12-25)34-19-17-31(5-2)6-3/h7-16,20-21H,4-6,17-19H2,1-3H3. The molecular weight excluding hydrogens is 427 g/mol. The Morgan fingerprint density at radius 1 is 0.765 bits per heavy atom. The van der Waals surface area contributed by atoms with Gasteiger partial charge in [0.25, 0.3) is 0 Å². The molecule has 5 heteroatoms.